The van der Waals surface area contributed by atoms with Crippen molar-refractivity contribution in [2.75, 3.05) is 72.6 Å². The topological polar surface area (TPSA) is 72.4 Å². The molecule has 0 spiro atoms. The Kier molecular flexibility index (Phi) is 11.3. The number of ether oxygens (including phenoxy) is 1. The predicted molar refractivity (Wildman–Crippen MR) is 118 cm³/mol. The summed E-state index contributed by atoms with van der Waals surface area (Å²) >= 11 is 0. The summed E-state index contributed by atoms with van der Waals surface area (Å²) in [6.07, 6.45) is 2.47. The number of halogens is 1. The van der Waals surface area contributed by atoms with E-state index in [4.69, 9.17) is 4.74 Å². The Labute approximate surface area is 175 Å². The molecule has 2 aliphatic rings. The SMILES string of the molecule is CCNC(=NCC(C)(O)CN1CCOCC1)NCC1CCN(C)CC1.I. The average Bonchev–Trinajstić information content (AvgIpc) is 2.59. The third-order valence-corrected chi connectivity index (χ3v) is 4.99. The zero-order chi connectivity index (χ0) is 18.1. The van der Waals surface area contributed by atoms with Gasteiger partial charge in [0.2, 0.25) is 0 Å². The highest BCUT2D eigenvalue weighted by Crippen LogP contribution is 2.14. The maximum absolute atomic E-state index is 10.7. The Hall–Kier alpha value is -0.160. The minimum absolute atomic E-state index is 0. The number of rotatable bonds is 7. The van der Waals surface area contributed by atoms with Crippen LogP contribution in [-0.2, 0) is 4.74 Å². The molecule has 3 N–H and O–H groups in total. The highest BCUT2D eigenvalue weighted by atomic mass is 127. The molecule has 0 aromatic rings. The van der Waals surface area contributed by atoms with Gasteiger partial charge in [-0.25, -0.2) is 0 Å². The Morgan fingerprint density at radius 1 is 1.19 bits per heavy atom. The molecule has 0 bridgehead atoms. The first-order valence-electron chi connectivity index (χ1n) is 9.72. The van der Waals surface area contributed by atoms with Crippen molar-refractivity contribution in [2.24, 2.45) is 10.9 Å². The highest BCUT2D eigenvalue weighted by molar-refractivity contribution is 14.0. The summed E-state index contributed by atoms with van der Waals surface area (Å²) in [5.41, 5.74) is -0.826. The quantitative estimate of drug-likeness (QED) is 0.280. The number of guanidine groups is 1. The average molecular weight is 483 g/mol. The number of aliphatic hydroxyl groups is 1. The predicted octanol–water partition coefficient (Wildman–Crippen LogP) is 0.585. The lowest BCUT2D eigenvalue weighted by Crippen LogP contribution is -2.48. The van der Waals surface area contributed by atoms with E-state index in [9.17, 15) is 5.11 Å². The molecule has 0 saturated carbocycles. The van der Waals surface area contributed by atoms with Gasteiger partial charge in [-0.1, -0.05) is 0 Å². The van der Waals surface area contributed by atoms with Crippen molar-refractivity contribution >= 4 is 29.9 Å². The monoisotopic (exact) mass is 483 g/mol. The van der Waals surface area contributed by atoms with Crippen molar-refractivity contribution in [3.63, 3.8) is 0 Å². The summed E-state index contributed by atoms with van der Waals surface area (Å²) < 4.78 is 5.37. The summed E-state index contributed by atoms with van der Waals surface area (Å²) in [6, 6.07) is 0. The first-order chi connectivity index (χ1) is 12.0. The van der Waals surface area contributed by atoms with Crippen molar-refractivity contribution in [3.8, 4) is 0 Å². The van der Waals surface area contributed by atoms with Gasteiger partial charge in [0.25, 0.3) is 0 Å². The van der Waals surface area contributed by atoms with Crippen LogP contribution in [0.3, 0.4) is 0 Å². The van der Waals surface area contributed by atoms with Gasteiger partial charge in [0, 0.05) is 32.7 Å². The van der Waals surface area contributed by atoms with Gasteiger partial charge in [-0.2, -0.15) is 0 Å². The minimum atomic E-state index is -0.826. The van der Waals surface area contributed by atoms with Crippen molar-refractivity contribution in [1.29, 1.82) is 0 Å². The molecule has 0 radical (unpaired) electrons. The summed E-state index contributed by atoms with van der Waals surface area (Å²) in [4.78, 5) is 9.26. The number of β-amino-alcohol motifs (C(OH)–C–C–N with tert-alkyl or cyclic N) is 1. The summed E-state index contributed by atoms with van der Waals surface area (Å²) in [5.74, 6) is 1.51. The molecule has 2 fully saturated rings. The number of likely N-dealkylation sites (tertiary alicyclic amines) is 1. The van der Waals surface area contributed by atoms with Crippen LogP contribution in [0.25, 0.3) is 0 Å². The van der Waals surface area contributed by atoms with Gasteiger partial charge in [-0.15, -0.1) is 24.0 Å². The van der Waals surface area contributed by atoms with Gasteiger partial charge in [0.05, 0.1) is 25.4 Å². The standard InChI is InChI=1S/C18H37N5O2.HI/c1-4-19-17(20-13-16-5-7-22(3)8-6-16)21-14-18(2,24)15-23-9-11-25-12-10-23;/h16,24H,4-15H2,1-3H3,(H2,19,20,21);1H. The van der Waals surface area contributed by atoms with Crippen LogP contribution in [0.1, 0.15) is 26.7 Å². The van der Waals surface area contributed by atoms with E-state index in [1.165, 1.54) is 25.9 Å². The maximum atomic E-state index is 10.7. The molecule has 8 heteroatoms. The largest absolute Gasteiger partial charge is 0.387 e. The molecular weight excluding hydrogens is 445 g/mol. The number of hydrogen-bond donors (Lipinski definition) is 3. The first-order valence-corrected chi connectivity index (χ1v) is 9.72. The molecule has 0 amide bonds. The molecule has 2 rings (SSSR count). The lowest BCUT2D eigenvalue weighted by Gasteiger charge is -2.33. The van der Waals surface area contributed by atoms with E-state index in [0.29, 0.717) is 19.0 Å². The van der Waals surface area contributed by atoms with Gasteiger partial charge in [0.15, 0.2) is 5.96 Å². The number of aliphatic imine (C=N–C) groups is 1. The van der Waals surface area contributed by atoms with Gasteiger partial charge >= 0.3 is 0 Å². The van der Waals surface area contributed by atoms with Gasteiger partial charge < -0.3 is 25.4 Å². The number of nitrogens with zero attached hydrogens (tertiary/aromatic N) is 3. The van der Waals surface area contributed by atoms with E-state index in [0.717, 1.165) is 45.4 Å². The first kappa shape index (κ1) is 23.9. The molecule has 7 nitrogen and oxygen atoms in total. The van der Waals surface area contributed by atoms with Crippen LogP contribution in [-0.4, -0.2) is 99.1 Å². The summed E-state index contributed by atoms with van der Waals surface area (Å²) in [7, 11) is 2.19. The second kappa shape index (κ2) is 12.3. The fourth-order valence-electron chi connectivity index (χ4n) is 3.39. The number of hydrogen-bond acceptors (Lipinski definition) is 5. The van der Waals surface area contributed by atoms with Crippen molar-refractivity contribution < 1.29 is 9.84 Å². The van der Waals surface area contributed by atoms with Gasteiger partial charge in [-0.05, 0) is 52.7 Å². The maximum Gasteiger partial charge on any atom is 0.191 e. The van der Waals surface area contributed by atoms with Crippen LogP contribution in [0.4, 0.5) is 0 Å². The van der Waals surface area contributed by atoms with Crippen LogP contribution in [0.15, 0.2) is 4.99 Å². The third-order valence-electron chi connectivity index (χ3n) is 4.99. The molecule has 0 aliphatic carbocycles. The third kappa shape index (κ3) is 9.16. The van der Waals surface area contributed by atoms with E-state index in [2.05, 4.69) is 39.4 Å². The second-order valence-corrected chi connectivity index (χ2v) is 7.71. The fourth-order valence-corrected chi connectivity index (χ4v) is 3.39. The number of nitrogens with one attached hydrogen (secondary N) is 2. The molecule has 1 atom stereocenters. The highest BCUT2D eigenvalue weighted by Gasteiger charge is 2.25. The zero-order valence-electron chi connectivity index (χ0n) is 16.7. The number of morpholine rings is 1. The molecule has 0 aromatic carbocycles. The molecule has 1 unspecified atom stereocenters. The van der Waals surface area contributed by atoms with Crippen molar-refractivity contribution in [1.82, 2.24) is 20.4 Å². The normalized spacial score (nSPS) is 23.2. The Balaban J connectivity index is 0.00000338. The summed E-state index contributed by atoms with van der Waals surface area (Å²) in [5, 5.41) is 17.4. The van der Waals surface area contributed by atoms with Crippen LogP contribution in [0.2, 0.25) is 0 Å². The van der Waals surface area contributed by atoms with Gasteiger partial charge in [-0.3, -0.25) is 9.89 Å². The molecule has 154 valence electrons. The lowest BCUT2D eigenvalue weighted by atomic mass is 9.97. The van der Waals surface area contributed by atoms with E-state index < -0.39 is 5.60 Å². The smallest absolute Gasteiger partial charge is 0.191 e. The van der Waals surface area contributed by atoms with Crippen LogP contribution >= 0.6 is 24.0 Å². The fraction of sp³-hybridized carbons (Fsp3) is 0.944. The molecule has 2 aliphatic heterocycles. The van der Waals surface area contributed by atoms with E-state index in [1.54, 1.807) is 0 Å². The van der Waals surface area contributed by atoms with Crippen LogP contribution in [0, 0.1) is 5.92 Å². The second-order valence-electron chi connectivity index (χ2n) is 7.71. The van der Waals surface area contributed by atoms with E-state index >= 15 is 0 Å². The number of piperidine rings is 1. The van der Waals surface area contributed by atoms with Crippen LogP contribution < -0.4 is 10.6 Å². The van der Waals surface area contributed by atoms with Gasteiger partial charge in [0.1, 0.15) is 0 Å². The Bertz CT molecular complexity index is 408. The minimum Gasteiger partial charge on any atom is -0.387 e. The van der Waals surface area contributed by atoms with E-state index in [1.807, 2.05) is 6.92 Å². The molecule has 0 aromatic heterocycles. The molecule has 2 saturated heterocycles. The Morgan fingerprint density at radius 3 is 2.46 bits per heavy atom. The van der Waals surface area contributed by atoms with Crippen LogP contribution in [0.5, 0.6) is 0 Å². The van der Waals surface area contributed by atoms with Crippen molar-refractivity contribution in [2.45, 2.75) is 32.3 Å². The summed E-state index contributed by atoms with van der Waals surface area (Å²) in [6.45, 7) is 12.4. The zero-order valence-corrected chi connectivity index (χ0v) is 19.0. The van der Waals surface area contributed by atoms with Crippen molar-refractivity contribution in [3.05, 3.63) is 0 Å². The Morgan fingerprint density at radius 2 is 1.85 bits per heavy atom. The molecular formula is C18H38IN5O2. The molecule has 2 heterocycles. The van der Waals surface area contributed by atoms with E-state index in [-0.39, 0.29) is 24.0 Å². The molecule has 26 heavy (non-hydrogen) atoms. The lowest BCUT2D eigenvalue weighted by molar-refractivity contribution is -0.0180.